The van der Waals surface area contributed by atoms with Crippen molar-refractivity contribution in [2.45, 2.75) is 19.5 Å². The first kappa shape index (κ1) is 15.7. The maximum absolute atomic E-state index is 12.0. The minimum atomic E-state index is -0.178. The molecule has 112 valence electrons. The molecular formula is C16H20ClN3O. The lowest BCUT2D eigenvalue weighted by atomic mass is 10.2. The summed E-state index contributed by atoms with van der Waals surface area (Å²) >= 11 is 5.97. The molecule has 0 aliphatic heterocycles. The van der Waals surface area contributed by atoms with Crippen LogP contribution < -0.4 is 0 Å². The van der Waals surface area contributed by atoms with Crippen molar-refractivity contribution >= 4 is 28.4 Å². The molecular weight excluding hydrogens is 286 g/mol. The molecule has 0 saturated heterocycles. The molecule has 0 aliphatic carbocycles. The van der Waals surface area contributed by atoms with Gasteiger partial charge in [-0.25, -0.2) is 0 Å². The highest BCUT2D eigenvalue weighted by Gasteiger charge is 2.19. The average molecular weight is 306 g/mol. The number of likely N-dealkylation sites (N-methyl/N-ethyl adjacent to an activating group) is 2. The molecule has 0 radical (unpaired) electrons. The minimum Gasteiger partial charge on any atom is -0.347 e. The van der Waals surface area contributed by atoms with Crippen LogP contribution >= 0.6 is 11.6 Å². The highest BCUT2D eigenvalue weighted by molar-refractivity contribution is 6.31. The van der Waals surface area contributed by atoms with Gasteiger partial charge in [0, 0.05) is 31.0 Å². The van der Waals surface area contributed by atoms with E-state index in [-0.39, 0.29) is 11.9 Å². The largest absolute Gasteiger partial charge is 0.347 e. The quantitative estimate of drug-likeness (QED) is 0.871. The summed E-state index contributed by atoms with van der Waals surface area (Å²) in [4.78, 5) is 20.2. The van der Waals surface area contributed by atoms with Crippen molar-refractivity contribution in [3.63, 3.8) is 0 Å². The second kappa shape index (κ2) is 6.41. The SMILES string of the molecule is C[C@H](C(=O)N(C)C)N(C)Cc1ccc2cc(Cl)ccc2n1. The third-order valence-corrected chi connectivity index (χ3v) is 3.81. The first-order valence-corrected chi connectivity index (χ1v) is 7.23. The molecule has 0 N–H and O–H groups in total. The van der Waals surface area contributed by atoms with Crippen LogP contribution in [0.25, 0.3) is 10.9 Å². The number of nitrogens with zero attached hydrogens (tertiary/aromatic N) is 3. The van der Waals surface area contributed by atoms with Crippen molar-refractivity contribution in [1.82, 2.24) is 14.8 Å². The fraction of sp³-hybridized carbons (Fsp3) is 0.375. The van der Waals surface area contributed by atoms with Gasteiger partial charge in [-0.1, -0.05) is 17.7 Å². The molecule has 2 aromatic rings. The van der Waals surface area contributed by atoms with Crippen LogP contribution in [0, 0.1) is 0 Å². The predicted octanol–water partition coefficient (Wildman–Crippen LogP) is 2.80. The van der Waals surface area contributed by atoms with Gasteiger partial charge in [0.15, 0.2) is 0 Å². The number of hydrogen-bond acceptors (Lipinski definition) is 3. The molecule has 21 heavy (non-hydrogen) atoms. The standard InChI is InChI=1S/C16H20ClN3O/c1-11(16(21)19(2)3)20(4)10-14-7-5-12-9-13(17)6-8-15(12)18-14/h5-9,11H,10H2,1-4H3/t11-/m1/s1. The lowest BCUT2D eigenvalue weighted by molar-refractivity contribution is -0.133. The molecule has 0 fully saturated rings. The molecule has 4 nitrogen and oxygen atoms in total. The van der Waals surface area contributed by atoms with Crippen molar-refractivity contribution in [3.05, 3.63) is 41.0 Å². The number of pyridine rings is 1. The van der Waals surface area contributed by atoms with Gasteiger partial charge in [0.05, 0.1) is 17.3 Å². The van der Waals surface area contributed by atoms with E-state index in [0.717, 1.165) is 16.6 Å². The Bertz CT molecular complexity index is 657. The molecule has 0 unspecified atom stereocenters. The van der Waals surface area contributed by atoms with Gasteiger partial charge in [0.25, 0.3) is 0 Å². The maximum Gasteiger partial charge on any atom is 0.239 e. The lowest BCUT2D eigenvalue weighted by Crippen LogP contribution is -2.42. The topological polar surface area (TPSA) is 36.4 Å². The summed E-state index contributed by atoms with van der Waals surface area (Å²) in [5.41, 5.74) is 1.85. The van der Waals surface area contributed by atoms with E-state index in [1.807, 2.05) is 49.2 Å². The smallest absolute Gasteiger partial charge is 0.239 e. The predicted molar refractivity (Wildman–Crippen MR) is 86.4 cm³/mol. The molecule has 1 heterocycles. The van der Waals surface area contributed by atoms with E-state index in [4.69, 9.17) is 11.6 Å². The van der Waals surface area contributed by atoms with Crippen LogP contribution in [0.5, 0.6) is 0 Å². The number of hydrogen-bond donors (Lipinski definition) is 0. The van der Waals surface area contributed by atoms with Crippen LogP contribution in [0.4, 0.5) is 0 Å². The van der Waals surface area contributed by atoms with Crippen LogP contribution in [0.1, 0.15) is 12.6 Å². The van der Waals surface area contributed by atoms with Crippen molar-refractivity contribution in [2.75, 3.05) is 21.1 Å². The summed E-state index contributed by atoms with van der Waals surface area (Å²) in [6.45, 7) is 2.53. The van der Waals surface area contributed by atoms with Gasteiger partial charge >= 0.3 is 0 Å². The number of fused-ring (bicyclic) bond motifs is 1. The van der Waals surface area contributed by atoms with Crippen LogP contribution in [0.3, 0.4) is 0 Å². The summed E-state index contributed by atoms with van der Waals surface area (Å²) in [6, 6.07) is 9.45. The zero-order valence-electron chi connectivity index (χ0n) is 12.8. The second-order valence-electron chi connectivity index (χ2n) is 5.46. The number of halogens is 1. The van der Waals surface area contributed by atoms with E-state index < -0.39 is 0 Å². The first-order valence-electron chi connectivity index (χ1n) is 6.85. The molecule has 0 bridgehead atoms. The van der Waals surface area contributed by atoms with Crippen molar-refractivity contribution < 1.29 is 4.79 Å². The zero-order chi connectivity index (χ0) is 15.6. The Labute approximate surface area is 130 Å². The summed E-state index contributed by atoms with van der Waals surface area (Å²) in [5, 5.41) is 1.73. The maximum atomic E-state index is 12.0. The fourth-order valence-electron chi connectivity index (χ4n) is 2.18. The van der Waals surface area contributed by atoms with E-state index in [1.165, 1.54) is 0 Å². The molecule has 1 atom stereocenters. The Hall–Kier alpha value is -1.65. The molecule has 1 amide bonds. The number of carbonyl (C=O) groups is 1. The lowest BCUT2D eigenvalue weighted by Gasteiger charge is -2.26. The zero-order valence-corrected chi connectivity index (χ0v) is 13.6. The monoisotopic (exact) mass is 305 g/mol. The molecule has 2 rings (SSSR count). The van der Waals surface area contributed by atoms with E-state index >= 15 is 0 Å². The Kier molecular flexibility index (Phi) is 4.80. The number of carbonyl (C=O) groups excluding carboxylic acids is 1. The number of aromatic nitrogens is 1. The van der Waals surface area contributed by atoms with Crippen LogP contribution in [-0.4, -0.2) is 47.9 Å². The van der Waals surface area contributed by atoms with E-state index in [9.17, 15) is 4.79 Å². The summed E-state index contributed by atoms with van der Waals surface area (Å²) in [6.07, 6.45) is 0. The molecule has 0 spiro atoms. The second-order valence-corrected chi connectivity index (χ2v) is 5.90. The minimum absolute atomic E-state index is 0.0880. The van der Waals surface area contributed by atoms with E-state index in [0.29, 0.717) is 11.6 Å². The normalized spacial score (nSPS) is 12.7. The number of rotatable bonds is 4. The summed E-state index contributed by atoms with van der Waals surface area (Å²) in [5.74, 6) is 0.0880. The van der Waals surface area contributed by atoms with Gasteiger partial charge in [0.1, 0.15) is 0 Å². The van der Waals surface area contributed by atoms with Crippen LogP contribution in [-0.2, 0) is 11.3 Å². The van der Waals surface area contributed by atoms with Gasteiger partial charge < -0.3 is 4.90 Å². The molecule has 5 heteroatoms. The fourth-order valence-corrected chi connectivity index (χ4v) is 2.36. The van der Waals surface area contributed by atoms with E-state index in [2.05, 4.69) is 4.98 Å². The van der Waals surface area contributed by atoms with Crippen molar-refractivity contribution in [3.8, 4) is 0 Å². The highest BCUT2D eigenvalue weighted by atomic mass is 35.5. The van der Waals surface area contributed by atoms with Crippen LogP contribution in [0.2, 0.25) is 5.02 Å². The van der Waals surface area contributed by atoms with Gasteiger partial charge in [-0.05, 0) is 38.2 Å². The van der Waals surface area contributed by atoms with Gasteiger partial charge in [-0.15, -0.1) is 0 Å². The molecule has 0 aliphatic rings. The summed E-state index contributed by atoms with van der Waals surface area (Å²) < 4.78 is 0. The van der Waals surface area contributed by atoms with Gasteiger partial charge in [-0.2, -0.15) is 0 Å². The summed E-state index contributed by atoms with van der Waals surface area (Å²) in [7, 11) is 5.47. The number of amides is 1. The van der Waals surface area contributed by atoms with Gasteiger partial charge in [0.2, 0.25) is 5.91 Å². The average Bonchev–Trinajstić information content (AvgIpc) is 2.45. The Balaban J connectivity index is 2.16. The Morgan fingerprint density at radius 2 is 1.95 bits per heavy atom. The molecule has 1 aromatic heterocycles. The Morgan fingerprint density at radius 1 is 1.24 bits per heavy atom. The molecule has 0 saturated carbocycles. The van der Waals surface area contributed by atoms with Crippen LogP contribution in [0.15, 0.2) is 30.3 Å². The Morgan fingerprint density at radius 3 is 2.62 bits per heavy atom. The van der Waals surface area contributed by atoms with E-state index in [1.54, 1.807) is 19.0 Å². The van der Waals surface area contributed by atoms with Gasteiger partial charge in [-0.3, -0.25) is 14.7 Å². The first-order chi connectivity index (χ1) is 9.88. The third kappa shape index (κ3) is 3.71. The molecule has 1 aromatic carbocycles. The highest BCUT2D eigenvalue weighted by Crippen LogP contribution is 2.18. The van der Waals surface area contributed by atoms with Crippen molar-refractivity contribution in [2.24, 2.45) is 0 Å². The number of benzene rings is 1. The third-order valence-electron chi connectivity index (χ3n) is 3.58. The van der Waals surface area contributed by atoms with Crippen molar-refractivity contribution in [1.29, 1.82) is 0 Å².